The number of hydrogen-bond donors (Lipinski definition) is 1. The average molecular weight is 215 g/mol. The average Bonchev–Trinajstić information content (AvgIpc) is 2.11. The van der Waals surface area contributed by atoms with Gasteiger partial charge in [-0.15, -0.1) is 0 Å². The molecule has 2 unspecified atom stereocenters. The smallest absolute Gasteiger partial charge is 0.0936 e. The largest absolute Gasteiger partial charge is 0.379 e. The van der Waals surface area contributed by atoms with Crippen molar-refractivity contribution in [3.05, 3.63) is 0 Å². The molecule has 1 aliphatic heterocycles. The van der Waals surface area contributed by atoms with Gasteiger partial charge in [-0.25, -0.2) is 0 Å². The van der Waals surface area contributed by atoms with Crippen LogP contribution in [0.2, 0.25) is 0 Å². The molecule has 0 amide bonds. The van der Waals surface area contributed by atoms with Crippen molar-refractivity contribution in [1.82, 2.24) is 5.32 Å². The Kier molecular flexibility index (Phi) is 5.03. The fraction of sp³-hybridized carbons (Fsp3) is 1.00. The summed E-state index contributed by atoms with van der Waals surface area (Å²) < 4.78 is 11.4. The van der Waals surface area contributed by atoms with Gasteiger partial charge in [0.1, 0.15) is 0 Å². The van der Waals surface area contributed by atoms with Crippen LogP contribution in [-0.4, -0.2) is 38.5 Å². The van der Waals surface area contributed by atoms with Gasteiger partial charge in [-0.3, -0.25) is 0 Å². The molecular formula is C12H25NO2. The van der Waals surface area contributed by atoms with Crippen molar-refractivity contribution in [3.63, 3.8) is 0 Å². The molecule has 1 rings (SSSR count). The normalized spacial score (nSPS) is 28.0. The molecule has 1 aliphatic rings. The van der Waals surface area contributed by atoms with Crippen LogP contribution in [0.1, 0.15) is 34.1 Å². The van der Waals surface area contributed by atoms with Crippen LogP contribution in [0.3, 0.4) is 0 Å². The first kappa shape index (κ1) is 12.9. The van der Waals surface area contributed by atoms with Gasteiger partial charge in [0.25, 0.3) is 0 Å². The Bertz CT molecular complexity index is 177. The molecule has 1 saturated heterocycles. The maximum absolute atomic E-state index is 5.73. The molecule has 15 heavy (non-hydrogen) atoms. The van der Waals surface area contributed by atoms with E-state index in [0.717, 1.165) is 26.1 Å². The van der Waals surface area contributed by atoms with Crippen LogP contribution in [0.4, 0.5) is 0 Å². The standard InChI is InChI=1S/C12H25NO2/c1-10-7-13-8-11(15-10)9-14-6-5-12(2,3)4/h10-11,13H,5-9H2,1-4H3. The van der Waals surface area contributed by atoms with Gasteiger partial charge >= 0.3 is 0 Å². The van der Waals surface area contributed by atoms with E-state index in [-0.39, 0.29) is 6.10 Å². The van der Waals surface area contributed by atoms with Crippen molar-refractivity contribution in [2.45, 2.75) is 46.3 Å². The van der Waals surface area contributed by atoms with Crippen LogP contribution in [0.5, 0.6) is 0 Å². The van der Waals surface area contributed by atoms with E-state index in [1.165, 1.54) is 0 Å². The maximum atomic E-state index is 5.73. The minimum atomic E-state index is 0.230. The van der Waals surface area contributed by atoms with Gasteiger partial charge in [-0.05, 0) is 18.8 Å². The number of hydrogen-bond acceptors (Lipinski definition) is 3. The van der Waals surface area contributed by atoms with Crippen LogP contribution in [-0.2, 0) is 9.47 Å². The summed E-state index contributed by atoms with van der Waals surface area (Å²) in [6.07, 6.45) is 1.64. The Morgan fingerprint density at radius 1 is 1.33 bits per heavy atom. The molecule has 0 saturated carbocycles. The monoisotopic (exact) mass is 215 g/mol. The van der Waals surface area contributed by atoms with E-state index in [1.54, 1.807) is 0 Å². The second-order valence-electron chi connectivity index (χ2n) is 5.61. The molecule has 1 N–H and O–H groups in total. The molecule has 90 valence electrons. The maximum Gasteiger partial charge on any atom is 0.0936 e. The highest BCUT2D eigenvalue weighted by molar-refractivity contribution is 4.71. The van der Waals surface area contributed by atoms with Crippen LogP contribution in [0.25, 0.3) is 0 Å². The summed E-state index contributed by atoms with van der Waals surface area (Å²) in [5.41, 5.74) is 0.360. The topological polar surface area (TPSA) is 30.5 Å². The Morgan fingerprint density at radius 3 is 2.67 bits per heavy atom. The molecule has 0 aliphatic carbocycles. The van der Waals surface area contributed by atoms with E-state index in [1.807, 2.05) is 0 Å². The highest BCUT2D eigenvalue weighted by Crippen LogP contribution is 2.18. The Labute approximate surface area is 93.5 Å². The summed E-state index contributed by atoms with van der Waals surface area (Å²) in [5, 5.41) is 3.34. The van der Waals surface area contributed by atoms with Crippen LogP contribution < -0.4 is 5.32 Å². The third kappa shape index (κ3) is 6.13. The van der Waals surface area contributed by atoms with E-state index in [2.05, 4.69) is 33.0 Å². The van der Waals surface area contributed by atoms with Gasteiger partial charge in [0.05, 0.1) is 18.8 Å². The summed E-state index contributed by atoms with van der Waals surface area (Å²) in [5.74, 6) is 0. The predicted molar refractivity (Wildman–Crippen MR) is 62.1 cm³/mol. The van der Waals surface area contributed by atoms with Gasteiger partial charge in [-0.2, -0.15) is 0 Å². The van der Waals surface area contributed by atoms with Crippen LogP contribution in [0.15, 0.2) is 0 Å². The summed E-state index contributed by atoms with van der Waals surface area (Å²) in [4.78, 5) is 0. The van der Waals surface area contributed by atoms with Crippen LogP contribution >= 0.6 is 0 Å². The second kappa shape index (κ2) is 5.83. The molecule has 2 atom stereocenters. The highest BCUT2D eigenvalue weighted by Gasteiger charge is 2.18. The quantitative estimate of drug-likeness (QED) is 0.726. The molecule has 3 heteroatoms. The summed E-state index contributed by atoms with van der Waals surface area (Å²) in [7, 11) is 0. The summed E-state index contributed by atoms with van der Waals surface area (Å²) >= 11 is 0. The molecule has 0 aromatic carbocycles. The fourth-order valence-electron chi connectivity index (χ4n) is 1.56. The first-order valence-electron chi connectivity index (χ1n) is 5.91. The van der Waals surface area contributed by atoms with Crippen molar-refractivity contribution >= 4 is 0 Å². The van der Waals surface area contributed by atoms with Crippen molar-refractivity contribution in [2.24, 2.45) is 5.41 Å². The predicted octanol–water partition coefficient (Wildman–Crippen LogP) is 1.82. The first-order chi connectivity index (χ1) is 6.97. The van der Waals surface area contributed by atoms with Crippen molar-refractivity contribution < 1.29 is 9.47 Å². The van der Waals surface area contributed by atoms with E-state index in [0.29, 0.717) is 18.1 Å². The third-order valence-electron chi connectivity index (χ3n) is 2.53. The van der Waals surface area contributed by atoms with Gasteiger partial charge in [0.2, 0.25) is 0 Å². The molecule has 0 bridgehead atoms. The molecule has 3 nitrogen and oxygen atoms in total. The third-order valence-corrected chi connectivity index (χ3v) is 2.53. The van der Waals surface area contributed by atoms with Gasteiger partial charge in [0, 0.05) is 19.7 Å². The van der Waals surface area contributed by atoms with Gasteiger partial charge in [0.15, 0.2) is 0 Å². The molecule has 1 heterocycles. The van der Waals surface area contributed by atoms with E-state index in [4.69, 9.17) is 9.47 Å². The number of ether oxygens (including phenoxy) is 2. The molecule has 1 fully saturated rings. The summed E-state index contributed by atoms with van der Waals surface area (Å²) in [6.45, 7) is 12.2. The lowest BCUT2D eigenvalue weighted by atomic mass is 9.93. The highest BCUT2D eigenvalue weighted by atomic mass is 16.5. The zero-order valence-corrected chi connectivity index (χ0v) is 10.5. The van der Waals surface area contributed by atoms with Crippen LogP contribution in [0, 0.1) is 5.41 Å². The van der Waals surface area contributed by atoms with Crippen molar-refractivity contribution in [1.29, 1.82) is 0 Å². The lowest BCUT2D eigenvalue weighted by molar-refractivity contribution is -0.0706. The second-order valence-corrected chi connectivity index (χ2v) is 5.61. The Hall–Kier alpha value is -0.120. The van der Waals surface area contributed by atoms with E-state index < -0.39 is 0 Å². The molecule has 0 radical (unpaired) electrons. The Balaban J connectivity index is 2.04. The number of morpholine rings is 1. The lowest BCUT2D eigenvalue weighted by Gasteiger charge is -2.29. The Morgan fingerprint density at radius 2 is 2.07 bits per heavy atom. The van der Waals surface area contributed by atoms with E-state index in [9.17, 15) is 0 Å². The summed E-state index contributed by atoms with van der Waals surface area (Å²) in [6, 6.07) is 0. The van der Waals surface area contributed by atoms with E-state index >= 15 is 0 Å². The minimum Gasteiger partial charge on any atom is -0.379 e. The molecule has 0 aromatic heterocycles. The lowest BCUT2D eigenvalue weighted by Crippen LogP contribution is -2.45. The molecule has 0 spiro atoms. The zero-order chi connectivity index (χ0) is 11.3. The van der Waals surface area contributed by atoms with Crippen molar-refractivity contribution in [3.8, 4) is 0 Å². The number of nitrogens with one attached hydrogen (secondary N) is 1. The molecular weight excluding hydrogens is 190 g/mol. The molecule has 0 aromatic rings. The minimum absolute atomic E-state index is 0.230. The van der Waals surface area contributed by atoms with Gasteiger partial charge in [-0.1, -0.05) is 20.8 Å². The SMILES string of the molecule is CC1CNCC(COCCC(C)(C)C)O1. The van der Waals surface area contributed by atoms with Gasteiger partial charge < -0.3 is 14.8 Å². The number of rotatable bonds is 4. The van der Waals surface area contributed by atoms with Crippen molar-refractivity contribution in [2.75, 3.05) is 26.3 Å². The fourth-order valence-corrected chi connectivity index (χ4v) is 1.56. The first-order valence-corrected chi connectivity index (χ1v) is 5.91. The zero-order valence-electron chi connectivity index (χ0n) is 10.5.